The number of alkyl halides is 1. The number of nitrogens with zero attached hydrogens (tertiary/aromatic N) is 1. The van der Waals surface area contributed by atoms with Gasteiger partial charge in [-0.05, 0) is 12.1 Å². The average Bonchev–Trinajstić information content (AvgIpc) is 2.81. The van der Waals surface area contributed by atoms with Gasteiger partial charge in [-0.2, -0.15) is 0 Å². The number of benzene rings is 1. The van der Waals surface area contributed by atoms with Crippen LogP contribution in [-0.4, -0.2) is 47.9 Å². The minimum Gasteiger partial charge on any atom is -0.484 e. The van der Waals surface area contributed by atoms with Gasteiger partial charge in [0, 0.05) is 12.5 Å². The normalized spacial score (nSPS) is 22.1. The molecule has 110 valence electrons. The highest BCUT2D eigenvalue weighted by molar-refractivity contribution is 6.30. The Bertz CT molecular complexity index is 501. The maximum Gasteiger partial charge on any atom is 0.260 e. The highest BCUT2D eigenvalue weighted by atomic mass is 35.5. The molecule has 1 aromatic carbocycles. The maximum atomic E-state index is 13.2. The number of likely N-dealkylation sites (tertiary alicyclic amines) is 1. The number of hydrogen-bond donors (Lipinski definition) is 1. The largest absolute Gasteiger partial charge is 0.484 e. The fourth-order valence-electron chi connectivity index (χ4n) is 2.13. The van der Waals surface area contributed by atoms with Gasteiger partial charge in [-0.3, -0.25) is 4.79 Å². The lowest BCUT2D eigenvalue weighted by molar-refractivity contribution is -0.135. The summed E-state index contributed by atoms with van der Waals surface area (Å²) in [6, 6.07) is 3.22. The fourth-order valence-corrected chi connectivity index (χ4v) is 2.30. The Morgan fingerprint density at radius 3 is 2.95 bits per heavy atom. The average molecular weight is 306 g/mol. The number of rotatable bonds is 4. The molecule has 1 aromatic rings. The second-order valence-electron chi connectivity index (χ2n) is 4.58. The molecule has 0 saturated carbocycles. The van der Waals surface area contributed by atoms with Gasteiger partial charge in [0.2, 0.25) is 0 Å². The van der Waals surface area contributed by atoms with Crippen LogP contribution >= 0.6 is 11.6 Å². The molecule has 7 heteroatoms. The third-order valence-electron chi connectivity index (χ3n) is 3.15. The molecule has 0 aromatic heterocycles. The number of amides is 1. The summed E-state index contributed by atoms with van der Waals surface area (Å²) in [4.78, 5) is 13.2. The predicted molar refractivity (Wildman–Crippen MR) is 69.0 cm³/mol. The van der Waals surface area contributed by atoms with Gasteiger partial charge in [0.1, 0.15) is 17.7 Å². The van der Waals surface area contributed by atoms with E-state index in [9.17, 15) is 13.6 Å². The van der Waals surface area contributed by atoms with Crippen LogP contribution < -0.4 is 4.74 Å². The smallest absolute Gasteiger partial charge is 0.260 e. The van der Waals surface area contributed by atoms with Crippen LogP contribution in [0.2, 0.25) is 5.02 Å². The van der Waals surface area contributed by atoms with Crippen LogP contribution in [0, 0.1) is 5.82 Å². The van der Waals surface area contributed by atoms with Gasteiger partial charge in [0.15, 0.2) is 6.61 Å². The standard InChI is InChI=1S/C13H14ClF2NO3/c14-11-4-10(1-2-12(11)16)20-7-13(19)17-5-8(15)3-9(17)6-18/h1-2,4,8-9,18H,3,5-7H2/t8-,9-/m0/s1. The van der Waals surface area contributed by atoms with E-state index in [0.29, 0.717) is 0 Å². The fraction of sp³-hybridized carbons (Fsp3) is 0.462. The topological polar surface area (TPSA) is 49.8 Å². The molecule has 0 aliphatic carbocycles. The first-order valence-corrected chi connectivity index (χ1v) is 6.51. The van der Waals surface area contributed by atoms with E-state index in [4.69, 9.17) is 21.4 Å². The summed E-state index contributed by atoms with van der Waals surface area (Å²) >= 11 is 5.59. The molecule has 1 fully saturated rings. The SMILES string of the molecule is O=C(COc1ccc(F)c(Cl)c1)N1C[C@@H](F)C[C@H]1CO. The molecule has 1 amide bonds. The van der Waals surface area contributed by atoms with Crippen LogP contribution in [0.3, 0.4) is 0 Å². The van der Waals surface area contributed by atoms with Crippen molar-refractivity contribution in [1.82, 2.24) is 4.90 Å². The Labute approximate surface area is 119 Å². The summed E-state index contributed by atoms with van der Waals surface area (Å²) in [6.45, 7) is -0.642. The Balaban J connectivity index is 1.93. The van der Waals surface area contributed by atoms with E-state index in [1.165, 1.54) is 17.0 Å². The van der Waals surface area contributed by atoms with Crippen LogP contribution in [0.1, 0.15) is 6.42 Å². The lowest BCUT2D eigenvalue weighted by atomic mass is 10.2. The molecule has 20 heavy (non-hydrogen) atoms. The monoisotopic (exact) mass is 305 g/mol. The van der Waals surface area contributed by atoms with Crippen LogP contribution in [0.5, 0.6) is 5.75 Å². The molecular formula is C13H14ClF2NO3. The zero-order valence-electron chi connectivity index (χ0n) is 10.6. The van der Waals surface area contributed by atoms with Gasteiger partial charge >= 0.3 is 0 Å². The van der Waals surface area contributed by atoms with E-state index in [2.05, 4.69) is 0 Å². The number of carbonyl (C=O) groups excluding carboxylic acids is 1. The summed E-state index contributed by atoms with van der Waals surface area (Å²) in [5.41, 5.74) is 0. The van der Waals surface area contributed by atoms with Crippen molar-refractivity contribution in [3.8, 4) is 5.75 Å². The minimum atomic E-state index is -1.13. The minimum absolute atomic E-state index is 0.0441. The van der Waals surface area contributed by atoms with Crippen LogP contribution in [-0.2, 0) is 4.79 Å². The lowest BCUT2D eigenvalue weighted by Gasteiger charge is -2.22. The van der Waals surface area contributed by atoms with Gasteiger partial charge in [-0.1, -0.05) is 11.6 Å². The van der Waals surface area contributed by atoms with E-state index in [1.54, 1.807) is 0 Å². The Morgan fingerprint density at radius 1 is 1.55 bits per heavy atom. The molecule has 1 heterocycles. The van der Waals surface area contributed by atoms with E-state index >= 15 is 0 Å². The highest BCUT2D eigenvalue weighted by Gasteiger charge is 2.34. The van der Waals surface area contributed by atoms with E-state index in [-0.39, 0.29) is 37.0 Å². The Kier molecular flexibility index (Phi) is 4.77. The second kappa shape index (κ2) is 6.37. The van der Waals surface area contributed by atoms with Crippen molar-refractivity contribution in [3.63, 3.8) is 0 Å². The highest BCUT2D eigenvalue weighted by Crippen LogP contribution is 2.22. The van der Waals surface area contributed by atoms with Crippen molar-refractivity contribution < 1.29 is 23.4 Å². The van der Waals surface area contributed by atoms with Crippen molar-refractivity contribution >= 4 is 17.5 Å². The summed E-state index contributed by atoms with van der Waals surface area (Å²) < 4.78 is 31.4. The van der Waals surface area contributed by atoms with Crippen LogP contribution in [0.4, 0.5) is 8.78 Å². The molecule has 1 aliphatic heterocycles. The molecule has 1 N–H and O–H groups in total. The number of halogens is 3. The second-order valence-corrected chi connectivity index (χ2v) is 4.99. The lowest BCUT2D eigenvalue weighted by Crippen LogP contribution is -2.40. The first-order valence-electron chi connectivity index (χ1n) is 6.13. The molecule has 0 unspecified atom stereocenters. The summed E-state index contributed by atoms with van der Waals surface area (Å²) in [5.74, 6) is -0.753. The number of ether oxygens (including phenoxy) is 1. The zero-order valence-corrected chi connectivity index (χ0v) is 11.3. The molecule has 4 nitrogen and oxygen atoms in total. The third kappa shape index (κ3) is 3.37. The van der Waals surface area contributed by atoms with Crippen LogP contribution in [0.25, 0.3) is 0 Å². The zero-order chi connectivity index (χ0) is 14.7. The van der Waals surface area contributed by atoms with E-state index in [1.807, 2.05) is 0 Å². The molecule has 0 spiro atoms. The predicted octanol–water partition coefficient (Wildman–Crippen LogP) is 1.79. The first kappa shape index (κ1) is 15.0. The summed E-state index contributed by atoms with van der Waals surface area (Å²) in [6.07, 6.45) is -0.999. The maximum absolute atomic E-state index is 13.2. The molecule has 2 rings (SSSR count). The number of aliphatic hydroxyl groups is 1. The molecule has 0 bridgehead atoms. The van der Waals surface area contributed by atoms with Gasteiger partial charge in [0.25, 0.3) is 5.91 Å². The molecule has 0 radical (unpaired) electrons. The molecular weight excluding hydrogens is 292 g/mol. The van der Waals surface area contributed by atoms with Crippen molar-refractivity contribution in [2.75, 3.05) is 19.8 Å². The molecule has 1 saturated heterocycles. The number of aliphatic hydroxyl groups excluding tert-OH is 1. The summed E-state index contributed by atoms with van der Waals surface area (Å²) in [5, 5.41) is 8.99. The molecule has 1 aliphatic rings. The van der Waals surface area contributed by atoms with Gasteiger partial charge in [0.05, 0.1) is 24.2 Å². The van der Waals surface area contributed by atoms with E-state index in [0.717, 1.165) is 6.07 Å². The van der Waals surface area contributed by atoms with Gasteiger partial charge in [-0.25, -0.2) is 8.78 Å². The van der Waals surface area contributed by atoms with Crippen molar-refractivity contribution in [3.05, 3.63) is 29.0 Å². The molecule has 2 atom stereocenters. The van der Waals surface area contributed by atoms with Crippen LogP contribution in [0.15, 0.2) is 18.2 Å². The van der Waals surface area contributed by atoms with Crippen molar-refractivity contribution in [2.45, 2.75) is 18.6 Å². The van der Waals surface area contributed by atoms with Crippen molar-refractivity contribution in [2.24, 2.45) is 0 Å². The van der Waals surface area contributed by atoms with E-state index < -0.39 is 23.9 Å². The Hall–Kier alpha value is -1.40. The third-order valence-corrected chi connectivity index (χ3v) is 3.44. The quantitative estimate of drug-likeness (QED) is 0.922. The summed E-state index contributed by atoms with van der Waals surface area (Å²) in [7, 11) is 0. The van der Waals surface area contributed by atoms with Gasteiger partial charge < -0.3 is 14.7 Å². The number of carbonyl (C=O) groups is 1. The number of hydrogen-bond acceptors (Lipinski definition) is 3. The van der Waals surface area contributed by atoms with Crippen molar-refractivity contribution in [1.29, 1.82) is 0 Å². The van der Waals surface area contributed by atoms with Gasteiger partial charge in [-0.15, -0.1) is 0 Å². The first-order chi connectivity index (χ1) is 9.51. The Morgan fingerprint density at radius 2 is 2.30 bits per heavy atom.